The van der Waals surface area contributed by atoms with Crippen molar-refractivity contribution >= 4 is 27.5 Å². The monoisotopic (exact) mass is 488 g/mol. The van der Waals surface area contributed by atoms with E-state index >= 15 is 0 Å². The van der Waals surface area contributed by atoms with Crippen molar-refractivity contribution in [2.24, 2.45) is 5.41 Å². The number of hydrogen-bond acceptors (Lipinski definition) is 3. The molecular weight excluding hydrogens is 465 g/mol. The molecule has 32 heavy (non-hydrogen) atoms. The molecule has 0 saturated carbocycles. The maximum atomic E-state index is 13.6. The van der Waals surface area contributed by atoms with Gasteiger partial charge in [0, 0.05) is 18.1 Å². The summed E-state index contributed by atoms with van der Waals surface area (Å²) in [5, 5.41) is 3.12. The zero-order chi connectivity index (χ0) is 23.7. The number of carbonyl (C=O) groups is 1. The van der Waals surface area contributed by atoms with Gasteiger partial charge in [-0.15, -0.1) is 0 Å². The van der Waals surface area contributed by atoms with Gasteiger partial charge in [0.25, 0.3) is 0 Å². The van der Waals surface area contributed by atoms with Gasteiger partial charge >= 0.3 is 6.18 Å². The maximum Gasteiger partial charge on any atom is 0.416 e. The number of rotatable bonds is 5. The molecule has 1 atom stereocenters. The van der Waals surface area contributed by atoms with Crippen LogP contribution in [0.1, 0.15) is 37.8 Å². The van der Waals surface area contributed by atoms with E-state index in [-0.39, 0.29) is 23.3 Å². The molecule has 1 N–H and O–H groups in total. The van der Waals surface area contributed by atoms with E-state index in [1.807, 2.05) is 13.8 Å². The van der Waals surface area contributed by atoms with E-state index in [1.165, 1.54) is 36.4 Å². The molecule has 0 spiro atoms. The molecule has 1 aliphatic rings. The highest BCUT2D eigenvalue weighted by Gasteiger charge is 2.41. The topological polar surface area (TPSA) is 66.5 Å². The first-order valence-electron chi connectivity index (χ1n) is 10.0. The Balaban J connectivity index is 2.04. The molecule has 0 bridgehead atoms. The Morgan fingerprint density at radius 3 is 2.25 bits per heavy atom. The summed E-state index contributed by atoms with van der Waals surface area (Å²) in [7, 11) is -4.16. The molecule has 5 nitrogen and oxygen atoms in total. The van der Waals surface area contributed by atoms with Gasteiger partial charge in [0.05, 0.1) is 10.5 Å². The summed E-state index contributed by atoms with van der Waals surface area (Å²) in [6.45, 7) is 4.06. The van der Waals surface area contributed by atoms with Crippen LogP contribution in [0, 0.1) is 5.41 Å². The number of alkyl halides is 3. The minimum absolute atomic E-state index is 0.0522. The van der Waals surface area contributed by atoms with Gasteiger partial charge < -0.3 is 5.32 Å². The van der Waals surface area contributed by atoms with Gasteiger partial charge in [-0.3, -0.25) is 4.79 Å². The molecule has 1 amide bonds. The summed E-state index contributed by atoms with van der Waals surface area (Å²) in [4.78, 5) is 12.8. The minimum Gasteiger partial charge on any atom is -0.355 e. The second-order valence-electron chi connectivity index (χ2n) is 8.62. The highest BCUT2D eigenvalue weighted by molar-refractivity contribution is 7.89. The fourth-order valence-corrected chi connectivity index (χ4v) is 5.38. The van der Waals surface area contributed by atoms with Gasteiger partial charge in [-0.25, -0.2) is 8.42 Å². The van der Waals surface area contributed by atoms with Crippen LogP contribution in [0.2, 0.25) is 5.02 Å². The van der Waals surface area contributed by atoms with E-state index < -0.39 is 33.7 Å². The number of nitrogens with one attached hydrogen (secondary N) is 1. The summed E-state index contributed by atoms with van der Waals surface area (Å²) in [6.07, 6.45) is -3.56. The number of amides is 1. The molecule has 1 heterocycles. The fraction of sp³-hybridized carbons (Fsp3) is 0.409. The van der Waals surface area contributed by atoms with Crippen LogP contribution < -0.4 is 5.32 Å². The molecule has 2 aromatic rings. The van der Waals surface area contributed by atoms with Crippen molar-refractivity contribution < 1.29 is 26.4 Å². The Kier molecular flexibility index (Phi) is 6.93. The molecule has 2 aromatic carbocycles. The largest absolute Gasteiger partial charge is 0.416 e. The zero-order valence-corrected chi connectivity index (χ0v) is 19.2. The van der Waals surface area contributed by atoms with Crippen LogP contribution >= 0.6 is 11.6 Å². The summed E-state index contributed by atoms with van der Waals surface area (Å²) < 4.78 is 67.0. The van der Waals surface area contributed by atoms with E-state index in [1.54, 1.807) is 0 Å². The molecule has 0 aliphatic carbocycles. The second kappa shape index (κ2) is 9.03. The maximum absolute atomic E-state index is 13.6. The molecule has 0 aromatic heterocycles. The van der Waals surface area contributed by atoms with Crippen LogP contribution in [-0.4, -0.2) is 31.2 Å². The van der Waals surface area contributed by atoms with Crippen molar-refractivity contribution in [2.45, 2.75) is 50.3 Å². The third-order valence-electron chi connectivity index (χ3n) is 5.54. The number of carbonyl (C=O) groups excluding carboxylic acids is 1. The predicted molar refractivity (Wildman–Crippen MR) is 115 cm³/mol. The van der Waals surface area contributed by atoms with Crippen molar-refractivity contribution in [2.75, 3.05) is 6.54 Å². The van der Waals surface area contributed by atoms with Crippen molar-refractivity contribution in [1.29, 1.82) is 0 Å². The van der Waals surface area contributed by atoms with E-state index in [4.69, 9.17) is 11.6 Å². The van der Waals surface area contributed by atoms with Gasteiger partial charge in [-0.1, -0.05) is 37.6 Å². The average molecular weight is 489 g/mol. The molecule has 1 fully saturated rings. The first-order valence-corrected chi connectivity index (χ1v) is 11.8. The molecule has 1 unspecified atom stereocenters. The highest BCUT2D eigenvalue weighted by Crippen LogP contribution is 2.34. The SMILES string of the molecule is CC1(C)CCNC(=O)C(N(Cc2ccc(C(F)(F)F)cc2)S(=O)(=O)c2ccc(Cl)cc2)C1. The van der Waals surface area contributed by atoms with E-state index in [0.717, 1.165) is 16.4 Å². The molecule has 3 rings (SSSR count). The first kappa shape index (κ1) is 24.5. The number of sulfonamides is 1. The smallest absolute Gasteiger partial charge is 0.355 e. The van der Waals surface area contributed by atoms with Crippen LogP contribution in [0.25, 0.3) is 0 Å². The minimum atomic E-state index is -4.50. The zero-order valence-electron chi connectivity index (χ0n) is 17.6. The summed E-state index contributed by atoms with van der Waals surface area (Å²) in [6, 6.07) is 8.80. The lowest BCUT2D eigenvalue weighted by atomic mass is 9.83. The van der Waals surface area contributed by atoms with Crippen molar-refractivity contribution in [3.8, 4) is 0 Å². The summed E-state index contributed by atoms with van der Waals surface area (Å²) in [5.74, 6) is -0.431. The van der Waals surface area contributed by atoms with Crippen molar-refractivity contribution in [1.82, 2.24) is 9.62 Å². The highest BCUT2D eigenvalue weighted by atomic mass is 35.5. The lowest BCUT2D eigenvalue weighted by Gasteiger charge is -2.33. The Morgan fingerprint density at radius 1 is 1.09 bits per heavy atom. The first-order chi connectivity index (χ1) is 14.8. The van der Waals surface area contributed by atoms with Crippen LogP contribution in [0.4, 0.5) is 13.2 Å². The lowest BCUT2D eigenvalue weighted by Crippen LogP contribution is -2.49. The molecule has 10 heteroatoms. The quantitative estimate of drug-likeness (QED) is 0.654. The van der Waals surface area contributed by atoms with Crippen molar-refractivity contribution in [3.05, 3.63) is 64.7 Å². The number of benzene rings is 2. The van der Waals surface area contributed by atoms with Gasteiger partial charge in [0.15, 0.2) is 0 Å². The molecule has 174 valence electrons. The second-order valence-corrected chi connectivity index (χ2v) is 11.0. The van der Waals surface area contributed by atoms with Gasteiger partial charge in [0.2, 0.25) is 15.9 Å². The fourth-order valence-electron chi connectivity index (χ4n) is 3.68. The number of hydrogen-bond donors (Lipinski definition) is 1. The molecule has 1 aliphatic heterocycles. The Hall–Kier alpha value is -2.10. The lowest BCUT2D eigenvalue weighted by molar-refractivity contribution is -0.137. The number of nitrogens with zero attached hydrogens (tertiary/aromatic N) is 1. The number of halogens is 4. The van der Waals surface area contributed by atoms with Gasteiger partial charge in [0.1, 0.15) is 6.04 Å². The third kappa shape index (κ3) is 5.63. The summed E-state index contributed by atoms with van der Waals surface area (Å²) >= 11 is 5.89. The normalized spacial score (nSPS) is 19.5. The Labute approximate surface area is 190 Å². The molecule has 1 saturated heterocycles. The van der Waals surface area contributed by atoms with Crippen LogP contribution in [0.3, 0.4) is 0 Å². The summed E-state index contributed by atoms with van der Waals surface area (Å²) in [5.41, 5.74) is -0.815. The van der Waals surface area contributed by atoms with E-state index in [0.29, 0.717) is 23.6 Å². The van der Waals surface area contributed by atoms with Crippen LogP contribution in [0.5, 0.6) is 0 Å². The van der Waals surface area contributed by atoms with Crippen LogP contribution in [0.15, 0.2) is 53.4 Å². The van der Waals surface area contributed by atoms with Gasteiger partial charge in [-0.05, 0) is 60.2 Å². The predicted octanol–water partition coefficient (Wildman–Crippen LogP) is 4.85. The standard InChI is InChI=1S/C22H24ClF3N2O3S/c1-21(2)11-12-27-20(29)19(13-21)28(32(30,31)18-9-7-17(23)8-10-18)14-15-3-5-16(6-4-15)22(24,25)26/h3-10,19H,11-14H2,1-2H3,(H,27,29). The van der Waals surface area contributed by atoms with Crippen molar-refractivity contribution in [3.63, 3.8) is 0 Å². The average Bonchev–Trinajstić information content (AvgIpc) is 2.83. The third-order valence-corrected chi connectivity index (χ3v) is 7.66. The molecule has 0 radical (unpaired) electrons. The Bertz CT molecular complexity index is 1070. The van der Waals surface area contributed by atoms with Crippen LogP contribution in [-0.2, 0) is 27.5 Å². The van der Waals surface area contributed by atoms with Gasteiger partial charge in [-0.2, -0.15) is 17.5 Å². The van der Waals surface area contributed by atoms with E-state index in [9.17, 15) is 26.4 Å². The Morgan fingerprint density at radius 2 is 1.69 bits per heavy atom. The molecular formula is C22H24ClF3N2O3S. The van der Waals surface area contributed by atoms with E-state index in [2.05, 4.69) is 5.32 Å².